The molecule has 0 spiro atoms. The van der Waals surface area contributed by atoms with Crippen molar-refractivity contribution in [3.05, 3.63) is 51.5 Å². The van der Waals surface area contributed by atoms with Gasteiger partial charge >= 0.3 is 0 Å². The predicted octanol–water partition coefficient (Wildman–Crippen LogP) is 3.06. The van der Waals surface area contributed by atoms with Gasteiger partial charge in [-0.3, -0.25) is 0 Å². The zero-order valence-electron chi connectivity index (χ0n) is 9.60. The molecule has 2 nitrogen and oxygen atoms in total. The first-order valence-corrected chi connectivity index (χ1v) is 6.29. The normalized spacial score (nSPS) is 12.7. The molecule has 1 aromatic carbocycles. The maximum atomic E-state index is 6.22. The molecule has 0 saturated heterocycles. The van der Waals surface area contributed by atoms with Crippen LogP contribution >= 0.6 is 11.3 Å². The molecule has 0 radical (unpaired) electrons. The predicted molar refractivity (Wildman–Crippen MR) is 68.7 cm³/mol. The Morgan fingerprint density at radius 2 is 2.25 bits per heavy atom. The van der Waals surface area contributed by atoms with Crippen molar-refractivity contribution in [2.75, 3.05) is 0 Å². The van der Waals surface area contributed by atoms with E-state index in [0.717, 1.165) is 16.3 Å². The van der Waals surface area contributed by atoms with Gasteiger partial charge in [0.25, 0.3) is 0 Å². The van der Waals surface area contributed by atoms with Gasteiger partial charge in [0.05, 0.1) is 11.0 Å². The van der Waals surface area contributed by atoms with E-state index in [1.807, 2.05) is 13.1 Å². The van der Waals surface area contributed by atoms with E-state index in [-0.39, 0.29) is 6.04 Å². The quantitative estimate of drug-likeness (QED) is 0.883. The number of hydrogen-bond donors (Lipinski definition) is 1. The molecule has 84 valence electrons. The summed E-state index contributed by atoms with van der Waals surface area (Å²) in [7, 11) is 0. The highest BCUT2D eigenvalue weighted by molar-refractivity contribution is 7.11. The second kappa shape index (κ2) is 4.76. The van der Waals surface area contributed by atoms with Crippen molar-refractivity contribution in [2.24, 2.45) is 5.73 Å². The van der Waals surface area contributed by atoms with Crippen LogP contribution in [0.2, 0.25) is 0 Å². The van der Waals surface area contributed by atoms with E-state index in [2.05, 4.69) is 36.2 Å². The topological polar surface area (TPSA) is 38.9 Å². The number of benzene rings is 1. The molecule has 0 aliphatic heterocycles. The highest BCUT2D eigenvalue weighted by atomic mass is 32.1. The van der Waals surface area contributed by atoms with Crippen LogP contribution in [0.5, 0.6) is 0 Å². The van der Waals surface area contributed by atoms with Gasteiger partial charge in [-0.1, -0.05) is 31.2 Å². The van der Waals surface area contributed by atoms with Crippen molar-refractivity contribution in [3.63, 3.8) is 0 Å². The van der Waals surface area contributed by atoms with Crippen LogP contribution in [-0.2, 0) is 6.42 Å². The lowest BCUT2D eigenvalue weighted by Gasteiger charge is -2.10. The average molecular weight is 232 g/mol. The molecule has 2 rings (SSSR count). The first kappa shape index (κ1) is 11.3. The minimum absolute atomic E-state index is 0.0438. The van der Waals surface area contributed by atoms with Gasteiger partial charge in [-0.2, -0.15) is 0 Å². The van der Waals surface area contributed by atoms with Crippen molar-refractivity contribution in [2.45, 2.75) is 26.3 Å². The molecule has 0 amide bonds. The van der Waals surface area contributed by atoms with Crippen LogP contribution in [0.15, 0.2) is 30.5 Å². The minimum atomic E-state index is -0.0438. The van der Waals surface area contributed by atoms with Gasteiger partial charge in [-0.05, 0) is 24.5 Å². The van der Waals surface area contributed by atoms with Crippen LogP contribution in [-0.4, -0.2) is 4.98 Å². The Morgan fingerprint density at radius 1 is 1.44 bits per heavy atom. The maximum absolute atomic E-state index is 6.22. The molecule has 2 aromatic rings. The minimum Gasteiger partial charge on any atom is -0.320 e. The standard InChI is InChI=1S/C13H16N2S/c1-3-10-5-4-6-11(7-10)13(14)12-8-15-9(2)16-12/h4-8,13H,3,14H2,1-2H3. The molecule has 0 aliphatic carbocycles. The van der Waals surface area contributed by atoms with Crippen molar-refractivity contribution < 1.29 is 0 Å². The van der Waals surface area contributed by atoms with Gasteiger partial charge in [0.1, 0.15) is 0 Å². The summed E-state index contributed by atoms with van der Waals surface area (Å²) in [6.07, 6.45) is 2.92. The number of aromatic nitrogens is 1. The lowest BCUT2D eigenvalue weighted by atomic mass is 10.0. The highest BCUT2D eigenvalue weighted by Gasteiger charge is 2.11. The smallest absolute Gasteiger partial charge is 0.0897 e. The van der Waals surface area contributed by atoms with Crippen molar-refractivity contribution >= 4 is 11.3 Å². The third-order valence-corrected chi connectivity index (χ3v) is 3.66. The van der Waals surface area contributed by atoms with Crippen LogP contribution in [0.4, 0.5) is 0 Å². The molecule has 1 aromatic heterocycles. The number of thiazole rings is 1. The molecule has 0 fully saturated rings. The summed E-state index contributed by atoms with van der Waals surface area (Å²) in [4.78, 5) is 5.37. The lowest BCUT2D eigenvalue weighted by Crippen LogP contribution is -2.10. The van der Waals surface area contributed by atoms with Crippen molar-refractivity contribution in [1.82, 2.24) is 4.98 Å². The molecule has 1 atom stereocenters. The van der Waals surface area contributed by atoms with Crippen LogP contribution < -0.4 is 5.73 Å². The third kappa shape index (κ3) is 2.31. The molecule has 0 bridgehead atoms. The van der Waals surface area contributed by atoms with E-state index in [4.69, 9.17) is 5.73 Å². The van der Waals surface area contributed by atoms with Crippen LogP contribution in [0.3, 0.4) is 0 Å². The summed E-state index contributed by atoms with van der Waals surface area (Å²) in [5.74, 6) is 0. The van der Waals surface area contributed by atoms with E-state index < -0.39 is 0 Å². The van der Waals surface area contributed by atoms with E-state index in [9.17, 15) is 0 Å². The average Bonchev–Trinajstić information content (AvgIpc) is 2.75. The number of nitrogens with zero attached hydrogens (tertiary/aromatic N) is 1. The molecule has 0 saturated carbocycles. The first-order valence-electron chi connectivity index (χ1n) is 5.47. The van der Waals surface area contributed by atoms with Gasteiger partial charge < -0.3 is 5.73 Å². The summed E-state index contributed by atoms with van der Waals surface area (Å²) in [6, 6.07) is 8.42. The molecule has 1 unspecified atom stereocenters. The molecule has 0 aliphatic rings. The summed E-state index contributed by atoms with van der Waals surface area (Å²) in [6.45, 7) is 4.16. The number of aryl methyl sites for hydroxylation is 2. The second-order valence-electron chi connectivity index (χ2n) is 3.86. The Bertz CT molecular complexity index is 476. The summed E-state index contributed by atoms with van der Waals surface area (Å²) < 4.78 is 0. The Hall–Kier alpha value is -1.19. The Morgan fingerprint density at radius 3 is 2.88 bits per heavy atom. The Labute approximate surface area is 100 Å². The summed E-state index contributed by atoms with van der Waals surface area (Å²) in [5, 5.41) is 1.07. The number of rotatable bonds is 3. The monoisotopic (exact) mass is 232 g/mol. The number of hydrogen-bond acceptors (Lipinski definition) is 3. The van der Waals surface area contributed by atoms with E-state index in [0.29, 0.717) is 0 Å². The molecule has 3 heteroatoms. The zero-order chi connectivity index (χ0) is 11.5. The molecular formula is C13H16N2S. The van der Waals surface area contributed by atoms with Crippen LogP contribution in [0.25, 0.3) is 0 Å². The fraction of sp³-hybridized carbons (Fsp3) is 0.308. The lowest BCUT2D eigenvalue weighted by molar-refractivity contribution is 0.884. The van der Waals surface area contributed by atoms with Gasteiger partial charge in [0, 0.05) is 11.1 Å². The highest BCUT2D eigenvalue weighted by Crippen LogP contribution is 2.25. The second-order valence-corrected chi connectivity index (χ2v) is 5.12. The maximum Gasteiger partial charge on any atom is 0.0897 e. The van der Waals surface area contributed by atoms with Crippen LogP contribution in [0.1, 0.15) is 34.0 Å². The summed E-state index contributed by atoms with van der Waals surface area (Å²) in [5.41, 5.74) is 8.72. The third-order valence-electron chi connectivity index (χ3n) is 2.66. The van der Waals surface area contributed by atoms with Crippen molar-refractivity contribution in [1.29, 1.82) is 0 Å². The zero-order valence-corrected chi connectivity index (χ0v) is 10.4. The van der Waals surface area contributed by atoms with Crippen LogP contribution in [0, 0.1) is 6.92 Å². The first-order chi connectivity index (χ1) is 7.70. The molecular weight excluding hydrogens is 216 g/mol. The van der Waals surface area contributed by atoms with E-state index in [1.165, 1.54) is 11.1 Å². The van der Waals surface area contributed by atoms with Gasteiger partial charge in [-0.25, -0.2) is 4.98 Å². The molecule has 1 heterocycles. The van der Waals surface area contributed by atoms with E-state index in [1.54, 1.807) is 11.3 Å². The Balaban J connectivity index is 2.29. The van der Waals surface area contributed by atoms with E-state index >= 15 is 0 Å². The fourth-order valence-corrected chi connectivity index (χ4v) is 2.51. The van der Waals surface area contributed by atoms with Crippen molar-refractivity contribution in [3.8, 4) is 0 Å². The summed E-state index contributed by atoms with van der Waals surface area (Å²) >= 11 is 1.67. The fourth-order valence-electron chi connectivity index (χ4n) is 1.69. The largest absolute Gasteiger partial charge is 0.320 e. The van der Waals surface area contributed by atoms with Gasteiger partial charge in [0.15, 0.2) is 0 Å². The number of nitrogens with two attached hydrogens (primary N) is 1. The van der Waals surface area contributed by atoms with Gasteiger partial charge in [-0.15, -0.1) is 11.3 Å². The molecule has 16 heavy (non-hydrogen) atoms. The Kier molecular flexibility index (Phi) is 3.36. The SMILES string of the molecule is CCc1cccc(C(N)c2cnc(C)s2)c1. The van der Waals surface area contributed by atoms with Gasteiger partial charge in [0.2, 0.25) is 0 Å². The molecule has 2 N–H and O–H groups in total.